The zero-order valence-corrected chi connectivity index (χ0v) is 17.7. The van der Waals surface area contributed by atoms with E-state index in [1.54, 1.807) is 11.3 Å². The van der Waals surface area contributed by atoms with Crippen LogP contribution in [0, 0.1) is 0 Å². The Kier molecular flexibility index (Phi) is 5.16. The number of rotatable bonds is 0. The van der Waals surface area contributed by atoms with Crippen LogP contribution in [-0.4, -0.2) is 6.61 Å². The van der Waals surface area contributed by atoms with Crippen LogP contribution in [0.25, 0.3) is 10.1 Å². The molecule has 0 saturated carbocycles. The van der Waals surface area contributed by atoms with E-state index in [4.69, 9.17) is 4.74 Å². The molecule has 0 spiro atoms. The summed E-state index contributed by atoms with van der Waals surface area (Å²) < 4.78 is 6.85. The molecule has 1 nitrogen and oxygen atoms in total. The van der Waals surface area contributed by atoms with Gasteiger partial charge in [0.1, 0.15) is 5.75 Å². The van der Waals surface area contributed by atoms with E-state index < -0.39 is 0 Å². The molecule has 0 atom stereocenters. The molecule has 0 N–H and O–H groups in total. The maximum Gasteiger partial charge on any atom is 0.122 e. The third kappa shape index (κ3) is 4.29. The van der Waals surface area contributed by atoms with Gasteiger partial charge < -0.3 is 4.74 Å². The van der Waals surface area contributed by atoms with Crippen molar-refractivity contribution in [3.63, 3.8) is 0 Å². The summed E-state index contributed by atoms with van der Waals surface area (Å²) in [7, 11) is 0. The van der Waals surface area contributed by atoms with E-state index >= 15 is 0 Å². The molecule has 0 amide bonds. The minimum Gasteiger partial charge on any atom is -0.493 e. The first-order chi connectivity index (χ1) is 12.1. The van der Waals surface area contributed by atoms with Crippen LogP contribution in [0.1, 0.15) is 58.2 Å². The molecule has 2 aromatic carbocycles. The number of thiophene rings is 1. The molecule has 3 aromatic rings. The third-order valence-corrected chi connectivity index (χ3v) is 5.77. The maximum absolute atomic E-state index is 5.47. The monoisotopic (exact) mass is 366 g/mol. The second kappa shape index (κ2) is 7.08. The fraction of sp³-hybridized carbons (Fsp3) is 0.417. The molecule has 138 valence electrons. The van der Waals surface area contributed by atoms with Crippen LogP contribution in [0.5, 0.6) is 5.75 Å². The van der Waals surface area contributed by atoms with Crippen LogP contribution >= 0.6 is 11.3 Å². The lowest BCUT2D eigenvalue weighted by Crippen LogP contribution is -2.10. The summed E-state index contributed by atoms with van der Waals surface area (Å²) in [5.41, 5.74) is 4.69. The fourth-order valence-corrected chi connectivity index (χ4v) is 3.86. The lowest BCUT2D eigenvalue weighted by Gasteiger charge is -2.19. The van der Waals surface area contributed by atoms with Crippen LogP contribution in [0.15, 0.2) is 47.8 Å². The molecular formula is C24H30OS. The Balaban J connectivity index is 0.000000151. The molecule has 1 aromatic heterocycles. The predicted octanol–water partition coefficient (Wildman–Crippen LogP) is 7.12. The molecule has 1 aliphatic heterocycles. The summed E-state index contributed by atoms with van der Waals surface area (Å²) in [5.74, 6) is 1.08. The van der Waals surface area contributed by atoms with Crippen molar-refractivity contribution in [1.29, 1.82) is 0 Å². The van der Waals surface area contributed by atoms with E-state index in [9.17, 15) is 0 Å². The molecule has 0 radical (unpaired) electrons. The number of ether oxygens (including phenoxy) is 1. The highest BCUT2D eigenvalue weighted by molar-refractivity contribution is 7.17. The second-order valence-electron chi connectivity index (χ2n) is 9.09. The van der Waals surface area contributed by atoms with E-state index in [2.05, 4.69) is 89.4 Å². The largest absolute Gasteiger partial charge is 0.493 e. The van der Waals surface area contributed by atoms with E-state index in [1.807, 2.05) is 0 Å². The maximum atomic E-state index is 5.47. The Labute approximate surface area is 162 Å². The number of fused-ring (bicyclic) bond motifs is 2. The Morgan fingerprint density at radius 2 is 1.46 bits per heavy atom. The summed E-state index contributed by atoms with van der Waals surface area (Å²) >= 11 is 1.81. The molecule has 0 aliphatic carbocycles. The summed E-state index contributed by atoms with van der Waals surface area (Å²) in [6, 6.07) is 15.5. The van der Waals surface area contributed by atoms with Crippen LogP contribution in [-0.2, 0) is 17.3 Å². The summed E-state index contributed by atoms with van der Waals surface area (Å²) in [6.07, 6.45) is 1.07. The van der Waals surface area contributed by atoms with Crippen molar-refractivity contribution in [2.24, 2.45) is 0 Å². The Hall–Kier alpha value is -1.80. The lowest BCUT2D eigenvalue weighted by atomic mass is 9.86. The third-order valence-electron chi connectivity index (χ3n) is 4.87. The molecular weight excluding hydrogens is 336 g/mol. The van der Waals surface area contributed by atoms with Crippen molar-refractivity contribution >= 4 is 21.4 Å². The van der Waals surface area contributed by atoms with Crippen molar-refractivity contribution < 1.29 is 4.74 Å². The van der Waals surface area contributed by atoms with Gasteiger partial charge in [0.25, 0.3) is 0 Å². The summed E-state index contributed by atoms with van der Waals surface area (Å²) in [4.78, 5) is 0. The van der Waals surface area contributed by atoms with Crippen molar-refractivity contribution in [2.45, 2.75) is 58.8 Å². The second-order valence-corrected chi connectivity index (χ2v) is 10.0. The zero-order valence-electron chi connectivity index (χ0n) is 16.8. The number of hydrogen-bond donors (Lipinski definition) is 0. The van der Waals surface area contributed by atoms with Crippen LogP contribution in [0.2, 0.25) is 0 Å². The van der Waals surface area contributed by atoms with Gasteiger partial charge in [-0.15, -0.1) is 11.3 Å². The van der Waals surface area contributed by atoms with Gasteiger partial charge in [0.15, 0.2) is 0 Å². The van der Waals surface area contributed by atoms with Gasteiger partial charge in [-0.1, -0.05) is 59.7 Å². The van der Waals surface area contributed by atoms with Gasteiger partial charge in [0.05, 0.1) is 6.61 Å². The Bertz CT molecular complexity index is 890. The topological polar surface area (TPSA) is 9.23 Å². The lowest BCUT2D eigenvalue weighted by molar-refractivity contribution is 0.356. The zero-order chi connectivity index (χ0) is 18.9. The average molecular weight is 367 g/mol. The van der Waals surface area contributed by atoms with E-state index in [1.165, 1.54) is 26.8 Å². The highest BCUT2D eigenvalue weighted by Crippen LogP contribution is 2.31. The SMILES string of the molecule is CC(C)(C)c1ccc2c(c1)CCO2.CC(C)(C)c1ccc2sccc2c1. The van der Waals surface area contributed by atoms with Crippen molar-refractivity contribution in [2.75, 3.05) is 6.61 Å². The van der Waals surface area contributed by atoms with Crippen molar-refractivity contribution in [3.8, 4) is 5.75 Å². The van der Waals surface area contributed by atoms with Crippen molar-refractivity contribution in [3.05, 3.63) is 64.5 Å². The first-order valence-electron chi connectivity index (χ1n) is 9.38. The van der Waals surface area contributed by atoms with E-state index in [0.29, 0.717) is 0 Å². The van der Waals surface area contributed by atoms with Gasteiger partial charge in [-0.3, -0.25) is 0 Å². The average Bonchev–Trinajstić information content (AvgIpc) is 3.21. The highest BCUT2D eigenvalue weighted by Gasteiger charge is 2.18. The Morgan fingerprint density at radius 1 is 0.808 bits per heavy atom. The van der Waals surface area contributed by atoms with Crippen molar-refractivity contribution in [1.82, 2.24) is 0 Å². The molecule has 0 unspecified atom stereocenters. The molecule has 1 aliphatic rings. The van der Waals surface area contributed by atoms with E-state index in [-0.39, 0.29) is 10.8 Å². The van der Waals surface area contributed by atoms with Crippen LogP contribution in [0.4, 0.5) is 0 Å². The fourth-order valence-electron chi connectivity index (χ4n) is 3.09. The van der Waals surface area contributed by atoms with E-state index in [0.717, 1.165) is 18.8 Å². The van der Waals surface area contributed by atoms with Crippen LogP contribution in [0.3, 0.4) is 0 Å². The molecule has 0 saturated heterocycles. The van der Waals surface area contributed by atoms with Gasteiger partial charge in [0, 0.05) is 11.1 Å². The Morgan fingerprint density at radius 3 is 2.15 bits per heavy atom. The number of benzene rings is 2. The van der Waals surface area contributed by atoms with Gasteiger partial charge >= 0.3 is 0 Å². The quantitative estimate of drug-likeness (QED) is 0.411. The summed E-state index contributed by atoms with van der Waals surface area (Å²) in [6.45, 7) is 14.3. The minimum absolute atomic E-state index is 0.248. The predicted molar refractivity (Wildman–Crippen MR) is 115 cm³/mol. The van der Waals surface area contributed by atoms with Gasteiger partial charge in [-0.25, -0.2) is 0 Å². The van der Waals surface area contributed by atoms with Gasteiger partial charge in [-0.2, -0.15) is 0 Å². The number of hydrogen-bond acceptors (Lipinski definition) is 2. The standard InChI is InChI=1S/C12H16O.C12H14S/c2*1-12(2,3)10-4-5-11-9(8-10)6-7-13-11/h4-5,8H,6-7H2,1-3H3;4-8H,1-3H3. The van der Waals surface area contributed by atoms with Gasteiger partial charge in [0.2, 0.25) is 0 Å². The smallest absolute Gasteiger partial charge is 0.122 e. The molecule has 2 heteroatoms. The first-order valence-corrected chi connectivity index (χ1v) is 10.3. The van der Waals surface area contributed by atoms with Crippen LogP contribution < -0.4 is 4.74 Å². The molecule has 26 heavy (non-hydrogen) atoms. The molecule has 2 heterocycles. The van der Waals surface area contributed by atoms with Gasteiger partial charge in [-0.05, 0) is 62.6 Å². The molecule has 0 fully saturated rings. The normalized spacial score (nSPS) is 13.8. The molecule has 4 rings (SSSR count). The first kappa shape index (κ1) is 19.0. The minimum atomic E-state index is 0.248. The molecule has 0 bridgehead atoms. The highest BCUT2D eigenvalue weighted by atomic mass is 32.1. The summed E-state index contributed by atoms with van der Waals surface area (Å²) in [5, 5.41) is 3.52.